The topological polar surface area (TPSA) is 175 Å². The molecule has 0 saturated carbocycles. The Morgan fingerprint density at radius 1 is 0.931 bits per heavy atom. The Labute approximate surface area is 170 Å². The zero-order valence-corrected chi connectivity index (χ0v) is 17.4. The van der Waals surface area contributed by atoms with E-state index in [2.05, 4.69) is 30.3 Å². The number of ether oxygens (including phenoxy) is 5. The fourth-order valence-corrected chi connectivity index (χ4v) is 0.790. The van der Waals surface area contributed by atoms with Gasteiger partial charge >= 0.3 is 24.2 Å². The SMILES string of the molecule is C=CC.CCOC(=O)C(C)O.COCCOC(C)=O.O=C(O)OCCOC(=O)O. The molecule has 0 bridgehead atoms. The van der Waals surface area contributed by atoms with E-state index in [1.165, 1.54) is 13.8 Å². The van der Waals surface area contributed by atoms with Crippen LogP contribution in [0.25, 0.3) is 0 Å². The first-order valence-electron chi connectivity index (χ1n) is 8.25. The maximum Gasteiger partial charge on any atom is 0.505 e. The fourth-order valence-electron chi connectivity index (χ4n) is 0.790. The minimum Gasteiger partial charge on any atom is -0.464 e. The van der Waals surface area contributed by atoms with Gasteiger partial charge in [-0.3, -0.25) is 4.79 Å². The van der Waals surface area contributed by atoms with Crippen molar-refractivity contribution in [3.8, 4) is 0 Å². The number of hydrogen-bond donors (Lipinski definition) is 3. The molecule has 0 amide bonds. The number of aliphatic hydroxyl groups is 1. The highest BCUT2D eigenvalue weighted by Crippen LogP contribution is 1.84. The van der Waals surface area contributed by atoms with E-state index >= 15 is 0 Å². The van der Waals surface area contributed by atoms with Gasteiger partial charge in [-0.2, -0.15) is 0 Å². The first-order valence-corrected chi connectivity index (χ1v) is 8.25. The van der Waals surface area contributed by atoms with Gasteiger partial charge in [0.25, 0.3) is 0 Å². The second-order valence-electron chi connectivity index (χ2n) is 4.40. The lowest BCUT2D eigenvalue weighted by molar-refractivity contribution is -0.151. The van der Waals surface area contributed by atoms with Gasteiger partial charge in [0.1, 0.15) is 25.9 Å². The van der Waals surface area contributed by atoms with Gasteiger partial charge in [-0.1, -0.05) is 6.08 Å². The van der Waals surface area contributed by atoms with Crippen LogP contribution in [0.4, 0.5) is 9.59 Å². The van der Waals surface area contributed by atoms with Crippen molar-refractivity contribution in [2.75, 3.05) is 40.1 Å². The van der Waals surface area contributed by atoms with E-state index in [1.807, 2.05) is 6.92 Å². The van der Waals surface area contributed by atoms with Crippen LogP contribution in [0.15, 0.2) is 12.7 Å². The lowest BCUT2D eigenvalue weighted by Crippen LogP contribution is -2.18. The number of carbonyl (C=O) groups is 4. The van der Waals surface area contributed by atoms with E-state index in [-0.39, 0.29) is 19.2 Å². The van der Waals surface area contributed by atoms with Gasteiger partial charge in [0.15, 0.2) is 0 Å². The number of hydrogen-bond acceptors (Lipinski definition) is 10. The Morgan fingerprint density at radius 2 is 1.31 bits per heavy atom. The maximum absolute atomic E-state index is 10.3. The number of carbonyl (C=O) groups excluding carboxylic acids is 2. The lowest BCUT2D eigenvalue weighted by Gasteiger charge is -2.01. The lowest BCUT2D eigenvalue weighted by atomic mass is 10.4. The van der Waals surface area contributed by atoms with E-state index in [9.17, 15) is 19.2 Å². The molecule has 3 N–H and O–H groups in total. The molecule has 0 aromatic rings. The van der Waals surface area contributed by atoms with Gasteiger partial charge in [0.2, 0.25) is 0 Å². The second-order valence-corrected chi connectivity index (χ2v) is 4.40. The predicted molar refractivity (Wildman–Crippen MR) is 101 cm³/mol. The number of allylic oxidation sites excluding steroid dienone is 1. The molecule has 12 heteroatoms. The molecule has 0 spiro atoms. The first-order chi connectivity index (χ1) is 13.5. The molecule has 0 aliphatic rings. The van der Waals surface area contributed by atoms with Crippen LogP contribution in [0.3, 0.4) is 0 Å². The average Bonchev–Trinajstić information content (AvgIpc) is 2.60. The maximum atomic E-state index is 10.3. The summed E-state index contributed by atoms with van der Waals surface area (Å²) in [7, 11) is 1.56. The van der Waals surface area contributed by atoms with Gasteiger partial charge in [-0.25, -0.2) is 14.4 Å². The van der Waals surface area contributed by atoms with Crippen LogP contribution in [0.2, 0.25) is 0 Å². The normalized spacial score (nSPS) is 9.31. The number of carboxylic acid groups (broad SMARTS) is 2. The largest absolute Gasteiger partial charge is 0.505 e. The van der Waals surface area contributed by atoms with E-state index in [0.717, 1.165) is 0 Å². The molecule has 1 unspecified atom stereocenters. The molecular weight excluding hydrogens is 396 g/mol. The van der Waals surface area contributed by atoms with Crippen molar-refractivity contribution < 1.29 is 58.2 Å². The molecule has 0 saturated heterocycles. The molecule has 12 nitrogen and oxygen atoms in total. The Hall–Kier alpha value is -2.86. The molecule has 0 aliphatic heterocycles. The van der Waals surface area contributed by atoms with Crippen LogP contribution < -0.4 is 0 Å². The molecule has 29 heavy (non-hydrogen) atoms. The van der Waals surface area contributed by atoms with Crippen LogP contribution in [0.1, 0.15) is 27.7 Å². The Balaban J connectivity index is -0.000000152. The number of methoxy groups -OCH3 is 1. The summed E-state index contributed by atoms with van der Waals surface area (Å²) in [5.74, 6) is -0.824. The molecule has 0 fully saturated rings. The summed E-state index contributed by atoms with van der Waals surface area (Å²) in [5, 5.41) is 24.2. The molecular formula is C17H32O12. The van der Waals surface area contributed by atoms with Crippen molar-refractivity contribution in [2.45, 2.75) is 33.8 Å². The minimum atomic E-state index is -1.45. The van der Waals surface area contributed by atoms with Crippen molar-refractivity contribution in [3.05, 3.63) is 12.7 Å². The smallest absolute Gasteiger partial charge is 0.464 e. The van der Waals surface area contributed by atoms with Crippen LogP contribution in [0.5, 0.6) is 0 Å². The summed E-state index contributed by atoms with van der Waals surface area (Å²) < 4.78 is 21.4. The summed E-state index contributed by atoms with van der Waals surface area (Å²) in [5.41, 5.74) is 0. The Bertz CT molecular complexity index is 418. The summed E-state index contributed by atoms with van der Waals surface area (Å²) in [4.78, 5) is 39.5. The summed E-state index contributed by atoms with van der Waals surface area (Å²) in [6.07, 6.45) is -2.14. The standard InChI is InChI=1S/2C5H10O3.C4H6O6.C3H6/c1-5(6)8-4-3-7-2;1-3-8-5(7)4(2)6;5-3(6)9-1-2-10-4(7)8;1-3-2/h3-4H2,1-2H3;4,6H,3H2,1-2H3;1-2H2,(H,5,6)(H,7,8);3H,1H2,2H3. The molecule has 0 aromatic carbocycles. The van der Waals surface area contributed by atoms with Crippen molar-refractivity contribution in [3.63, 3.8) is 0 Å². The summed E-state index contributed by atoms with van der Waals surface area (Å²) in [6.45, 7) is 10.3. The van der Waals surface area contributed by atoms with Crippen LogP contribution in [0, 0.1) is 0 Å². The van der Waals surface area contributed by atoms with Crippen molar-refractivity contribution in [2.24, 2.45) is 0 Å². The quantitative estimate of drug-likeness (QED) is 0.221. The Morgan fingerprint density at radius 3 is 1.52 bits per heavy atom. The van der Waals surface area contributed by atoms with Crippen LogP contribution in [-0.4, -0.2) is 85.8 Å². The molecule has 0 aromatic heterocycles. The average molecular weight is 428 g/mol. The van der Waals surface area contributed by atoms with Crippen molar-refractivity contribution in [1.29, 1.82) is 0 Å². The van der Waals surface area contributed by atoms with Crippen molar-refractivity contribution in [1.82, 2.24) is 0 Å². The molecule has 0 radical (unpaired) electrons. The highest BCUT2D eigenvalue weighted by molar-refractivity contribution is 5.73. The summed E-state index contributed by atoms with van der Waals surface area (Å²) >= 11 is 0. The molecule has 0 rings (SSSR count). The van der Waals surface area contributed by atoms with E-state index in [4.69, 9.17) is 15.3 Å². The van der Waals surface area contributed by atoms with Gasteiger partial charge in [0, 0.05) is 14.0 Å². The molecule has 172 valence electrons. The van der Waals surface area contributed by atoms with Crippen molar-refractivity contribution >= 4 is 24.2 Å². The second kappa shape index (κ2) is 27.4. The summed E-state index contributed by atoms with van der Waals surface area (Å²) in [6, 6.07) is 0. The molecule has 1 atom stereocenters. The third-order valence-electron chi connectivity index (χ3n) is 1.75. The van der Waals surface area contributed by atoms with E-state index in [0.29, 0.717) is 19.8 Å². The fraction of sp³-hybridized carbons (Fsp3) is 0.647. The van der Waals surface area contributed by atoms with Gasteiger partial charge < -0.3 is 39.0 Å². The van der Waals surface area contributed by atoms with E-state index < -0.39 is 24.4 Å². The minimum absolute atomic E-state index is 0.262. The molecule has 0 heterocycles. The van der Waals surface area contributed by atoms with Gasteiger partial charge in [-0.05, 0) is 20.8 Å². The predicted octanol–water partition coefficient (Wildman–Crippen LogP) is 1.69. The van der Waals surface area contributed by atoms with E-state index in [1.54, 1.807) is 20.1 Å². The third kappa shape index (κ3) is 51.7. The number of aliphatic hydroxyl groups excluding tert-OH is 1. The monoisotopic (exact) mass is 428 g/mol. The van der Waals surface area contributed by atoms with Gasteiger partial charge in [-0.15, -0.1) is 6.58 Å². The number of rotatable bonds is 8. The zero-order chi connectivity index (χ0) is 23.7. The van der Waals surface area contributed by atoms with Gasteiger partial charge in [0.05, 0.1) is 13.2 Å². The third-order valence-corrected chi connectivity index (χ3v) is 1.75. The molecule has 0 aliphatic carbocycles. The van der Waals surface area contributed by atoms with Crippen LogP contribution >= 0.6 is 0 Å². The highest BCUT2D eigenvalue weighted by atomic mass is 16.7. The highest BCUT2D eigenvalue weighted by Gasteiger charge is 2.07. The first kappa shape index (κ1) is 33.7. The Kier molecular flexibility index (Phi) is 31.8. The number of esters is 2. The zero-order valence-electron chi connectivity index (χ0n) is 17.4. The van der Waals surface area contributed by atoms with Crippen LogP contribution in [-0.2, 0) is 33.3 Å².